The Morgan fingerprint density at radius 2 is 1.33 bits per heavy atom. The number of nitrogens with zero attached hydrogens (tertiary/aromatic N) is 6. The minimum Gasteiger partial charge on any atom is -0.497 e. The quantitative estimate of drug-likeness (QED) is 0.0859. The molecule has 0 unspecified atom stereocenters. The van der Waals surface area contributed by atoms with E-state index in [-0.39, 0.29) is 36.6 Å². The van der Waals surface area contributed by atoms with E-state index in [1.54, 1.807) is 102 Å². The van der Waals surface area contributed by atoms with E-state index in [2.05, 4.69) is 20.9 Å². The fourth-order valence-electron chi connectivity index (χ4n) is 7.02. The lowest BCUT2D eigenvalue weighted by Gasteiger charge is -2.26. The fraction of sp³-hybridized carbons (Fsp3) is 0.283. The second-order valence-corrected chi connectivity index (χ2v) is 20.9. The number of benzene rings is 5. The molecular formula is C46H50N8O9S3. The standard InChI is InChI=1S/C46H50N8O9S3/c1-46(2,3)63-45(55)48-25-26-65(56,57)39-24-23-36(37-9-8-10-38-41(37)49-44(47-4)64-38)40(43-50-52-54(51-43)29-32-15-21-35(62-7)22-16-32)42(39)66(58,59)53(27-30-11-17-33(60-5)18-12-30)28-31-13-19-34(61-6)20-14-31/h8-24H,25-29H2,1-7H3,(H,47,49)(H,48,55). The topological polar surface area (TPSA) is 206 Å². The minimum absolute atomic E-state index is 0.113. The highest BCUT2D eigenvalue weighted by atomic mass is 32.2. The van der Waals surface area contributed by atoms with Crippen molar-refractivity contribution < 1.29 is 40.6 Å². The van der Waals surface area contributed by atoms with Gasteiger partial charge in [0.05, 0.1) is 54.3 Å². The third kappa shape index (κ3) is 10.9. The van der Waals surface area contributed by atoms with Crippen LogP contribution in [0.4, 0.5) is 9.93 Å². The molecule has 7 aromatic rings. The largest absolute Gasteiger partial charge is 0.497 e. The Bertz CT molecular complexity index is 2990. The number of alkyl carbamates (subject to hydrolysis) is 1. The van der Waals surface area contributed by atoms with Gasteiger partial charge in [0.25, 0.3) is 0 Å². The van der Waals surface area contributed by atoms with Gasteiger partial charge in [0.2, 0.25) is 15.8 Å². The maximum atomic E-state index is 16.0. The number of hydrogen-bond donors (Lipinski definition) is 2. The number of nitrogens with one attached hydrogen (secondary N) is 2. The molecule has 20 heteroatoms. The number of rotatable bonds is 18. The molecule has 0 aliphatic heterocycles. The number of aromatic nitrogens is 5. The van der Waals surface area contributed by atoms with Crippen LogP contribution in [-0.4, -0.2) is 98.7 Å². The molecule has 0 aliphatic rings. The Morgan fingerprint density at radius 3 is 1.88 bits per heavy atom. The van der Waals surface area contributed by atoms with E-state index in [0.29, 0.717) is 44.6 Å². The van der Waals surface area contributed by atoms with Crippen molar-refractivity contribution in [2.24, 2.45) is 0 Å². The molecule has 0 aliphatic carbocycles. The number of fused-ring (bicyclic) bond motifs is 1. The zero-order valence-corrected chi connectivity index (χ0v) is 39.9. The molecular weight excluding hydrogens is 905 g/mol. The Hall–Kier alpha value is -6.61. The Labute approximate surface area is 387 Å². The van der Waals surface area contributed by atoms with Crippen LogP contribution in [0.2, 0.25) is 0 Å². The summed E-state index contributed by atoms with van der Waals surface area (Å²) >= 11 is 1.40. The van der Waals surface area contributed by atoms with Gasteiger partial charge < -0.3 is 29.6 Å². The number of ether oxygens (including phenoxy) is 4. The number of thiazole rings is 1. The van der Waals surface area contributed by atoms with Crippen molar-refractivity contribution in [3.8, 4) is 39.8 Å². The zero-order valence-electron chi connectivity index (χ0n) is 37.4. The van der Waals surface area contributed by atoms with Crippen molar-refractivity contribution in [1.29, 1.82) is 0 Å². The lowest BCUT2D eigenvalue weighted by atomic mass is 9.98. The number of methoxy groups -OCH3 is 3. The number of sulfonamides is 1. The molecule has 0 saturated heterocycles. The van der Waals surface area contributed by atoms with E-state index in [1.807, 2.05) is 24.3 Å². The second-order valence-electron chi connectivity index (χ2n) is 15.9. The van der Waals surface area contributed by atoms with E-state index in [0.717, 1.165) is 10.3 Å². The van der Waals surface area contributed by atoms with Crippen LogP contribution >= 0.6 is 11.3 Å². The zero-order chi connectivity index (χ0) is 47.2. The molecule has 0 atom stereocenters. The highest BCUT2D eigenvalue weighted by Gasteiger charge is 2.38. The summed E-state index contributed by atoms with van der Waals surface area (Å²) in [5, 5.41) is 19.7. The minimum atomic E-state index is -4.91. The lowest BCUT2D eigenvalue weighted by Crippen LogP contribution is -2.35. The molecule has 17 nitrogen and oxygen atoms in total. The van der Waals surface area contributed by atoms with Crippen LogP contribution in [-0.2, 0) is 44.2 Å². The Morgan fingerprint density at radius 1 is 0.758 bits per heavy atom. The van der Waals surface area contributed by atoms with E-state index >= 15 is 8.42 Å². The van der Waals surface area contributed by atoms with Gasteiger partial charge in [-0.1, -0.05) is 65.9 Å². The molecule has 0 radical (unpaired) electrons. The highest BCUT2D eigenvalue weighted by molar-refractivity contribution is 7.93. The summed E-state index contributed by atoms with van der Waals surface area (Å²) in [5.74, 6) is 0.934. The molecule has 2 heterocycles. The van der Waals surface area contributed by atoms with Gasteiger partial charge in [-0.3, -0.25) is 0 Å². The first-order valence-corrected chi connectivity index (χ1v) is 24.5. The van der Waals surface area contributed by atoms with Crippen LogP contribution in [0.3, 0.4) is 0 Å². The molecule has 0 fully saturated rings. The van der Waals surface area contributed by atoms with Gasteiger partial charge in [-0.05, 0) is 96.8 Å². The number of para-hydroxylation sites is 1. The van der Waals surface area contributed by atoms with Crippen molar-refractivity contribution in [2.75, 3.05) is 46.0 Å². The van der Waals surface area contributed by atoms with E-state index in [4.69, 9.17) is 29.0 Å². The third-order valence-corrected chi connectivity index (χ3v) is 15.0. The average molecular weight is 955 g/mol. The summed E-state index contributed by atoms with van der Waals surface area (Å²) in [6, 6.07) is 29.3. The van der Waals surface area contributed by atoms with Gasteiger partial charge >= 0.3 is 6.09 Å². The molecule has 5 aromatic carbocycles. The van der Waals surface area contributed by atoms with Gasteiger partial charge in [0.15, 0.2) is 15.0 Å². The number of anilines is 1. The van der Waals surface area contributed by atoms with Crippen LogP contribution < -0.4 is 24.8 Å². The molecule has 2 aromatic heterocycles. The molecule has 0 spiro atoms. The first kappa shape index (κ1) is 47.4. The van der Waals surface area contributed by atoms with Gasteiger partial charge in [0, 0.05) is 32.2 Å². The highest BCUT2D eigenvalue weighted by Crippen LogP contribution is 2.44. The molecule has 346 valence electrons. The first-order valence-electron chi connectivity index (χ1n) is 20.6. The molecule has 2 N–H and O–H groups in total. The molecule has 66 heavy (non-hydrogen) atoms. The van der Waals surface area contributed by atoms with Crippen molar-refractivity contribution in [3.63, 3.8) is 0 Å². The monoisotopic (exact) mass is 954 g/mol. The predicted octanol–water partition coefficient (Wildman–Crippen LogP) is 7.42. The second kappa shape index (κ2) is 19.9. The third-order valence-electron chi connectivity index (χ3n) is 10.2. The first-order chi connectivity index (χ1) is 31.5. The Balaban J connectivity index is 1.48. The van der Waals surface area contributed by atoms with E-state index in [1.165, 1.54) is 46.8 Å². The maximum Gasteiger partial charge on any atom is 0.407 e. The maximum absolute atomic E-state index is 16.0. The van der Waals surface area contributed by atoms with Crippen molar-refractivity contribution in [2.45, 2.75) is 55.8 Å². The number of amides is 1. The van der Waals surface area contributed by atoms with Crippen molar-refractivity contribution in [1.82, 2.24) is 34.8 Å². The van der Waals surface area contributed by atoms with Gasteiger partial charge in [-0.2, -0.15) is 9.10 Å². The van der Waals surface area contributed by atoms with Crippen LogP contribution in [0.15, 0.2) is 113 Å². The van der Waals surface area contributed by atoms with Crippen LogP contribution in [0.1, 0.15) is 37.5 Å². The summed E-state index contributed by atoms with van der Waals surface area (Å²) in [4.78, 5) is 17.7. The molecule has 1 amide bonds. The summed E-state index contributed by atoms with van der Waals surface area (Å²) in [7, 11) is -3.10. The van der Waals surface area contributed by atoms with Crippen molar-refractivity contribution in [3.05, 3.63) is 120 Å². The van der Waals surface area contributed by atoms with Gasteiger partial charge in [-0.15, -0.1) is 10.2 Å². The number of tetrazole rings is 1. The Kier molecular flexibility index (Phi) is 14.3. The molecule has 0 saturated carbocycles. The lowest BCUT2D eigenvalue weighted by molar-refractivity contribution is 0.0531. The van der Waals surface area contributed by atoms with E-state index in [9.17, 15) is 13.2 Å². The summed E-state index contributed by atoms with van der Waals surface area (Å²) < 4.78 is 85.2. The predicted molar refractivity (Wildman–Crippen MR) is 252 cm³/mol. The average Bonchev–Trinajstić information content (AvgIpc) is 3.95. The molecule has 0 bridgehead atoms. The smallest absolute Gasteiger partial charge is 0.407 e. The van der Waals surface area contributed by atoms with Crippen molar-refractivity contribution >= 4 is 52.6 Å². The normalized spacial score (nSPS) is 12.0. The number of sulfone groups is 1. The summed E-state index contributed by atoms with van der Waals surface area (Å²) in [6.45, 7) is 4.41. The van der Waals surface area contributed by atoms with Crippen LogP contribution in [0, 0.1) is 0 Å². The van der Waals surface area contributed by atoms with Crippen LogP contribution in [0.5, 0.6) is 17.2 Å². The molecule has 7 rings (SSSR count). The number of carbonyl (C=O) groups is 1. The SMILES string of the molecule is CNc1nc2c(-c3ccc(S(=O)(=O)CCNC(=O)OC(C)(C)C)c(S(=O)(=O)N(Cc4ccc(OC)cc4)Cc4ccc(OC)cc4)c3-c3nnn(Cc4ccc(OC)cc4)n3)cccc2s1. The number of hydrogen-bond acceptors (Lipinski definition) is 15. The van der Waals surface area contributed by atoms with Crippen LogP contribution in [0.25, 0.3) is 32.7 Å². The van der Waals surface area contributed by atoms with E-state index < -0.39 is 53.6 Å². The summed E-state index contributed by atoms with van der Waals surface area (Å²) in [6.07, 6.45) is -0.832. The number of carbonyl (C=O) groups excluding carboxylic acids is 1. The fourth-order valence-corrected chi connectivity index (χ4v) is 11.5. The van der Waals surface area contributed by atoms with Gasteiger partial charge in [0.1, 0.15) is 27.7 Å². The summed E-state index contributed by atoms with van der Waals surface area (Å²) in [5.41, 5.74) is 2.33. The van der Waals surface area contributed by atoms with Gasteiger partial charge in [-0.25, -0.2) is 26.6 Å².